The van der Waals surface area contributed by atoms with Crippen LogP contribution in [0, 0.1) is 0 Å². The maximum absolute atomic E-state index is 4.16. The van der Waals surface area contributed by atoms with Gasteiger partial charge < -0.3 is 5.32 Å². The first-order valence-corrected chi connectivity index (χ1v) is 8.08. The van der Waals surface area contributed by atoms with Crippen LogP contribution < -0.4 is 5.32 Å². The van der Waals surface area contributed by atoms with Gasteiger partial charge in [0.25, 0.3) is 0 Å². The van der Waals surface area contributed by atoms with Gasteiger partial charge in [-0.05, 0) is 47.7 Å². The number of anilines is 1. The van der Waals surface area contributed by atoms with E-state index in [1.54, 1.807) is 0 Å². The van der Waals surface area contributed by atoms with E-state index in [1.807, 2.05) is 24.8 Å². The lowest BCUT2D eigenvalue weighted by atomic mass is 10.1. The first-order chi connectivity index (χ1) is 11.4. The molecular weight excluding hydrogens is 284 g/mol. The van der Waals surface area contributed by atoms with Gasteiger partial charge in [0.15, 0.2) is 0 Å². The zero-order valence-corrected chi connectivity index (χ0v) is 13.0. The van der Waals surface area contributed by atoms with E-state index in [4.69, 9.17) is 0 Å². The molecule has 0 bridgehead atoms. The van der Waals surface area contributed by atoms with Crippen molar-refractivity contribution in [3.63, 3.8) is 0 Å². The van der Waals surface area contributed by atoms with Crippen LogP contribution in [-0.2, 0) is 6.54 Å². The normalized spacial score (nSPS) is 18.3. The largest absolute Gasteiger partial charge is 0.381 e. The van der Waals surface area contributed by atoms with Gasteiger partial charge >= 0.3 is 0 Å². The minimum atomic E-state index is 0.510. The van der Waals surface area contributed by atoms with Crippen LogP contribution in [0.1, 0.15) is 12.0 Å². The van der Waals surface area contributed by atoms with Crippen molar-refractivity contribution in [2.75, 3.05) is 18.4 Å². The highest BCUT2D eigenvalue weighted by Gasteiger charge is 2.22. The third-order valence-corrected chi connectivity index (χ3v) is 4.44. The molecule has 23 heavy (non-hydrogen) atoms. The summed E-state index contributed by atoms with van der Waals surface area (Å²) in [6, 6.07) is 13.3. The van der Waals surface area contributed by atoms with Gasteiger partial charge in [0.05, 0.1) is 0 Å². The third-order valence-electron chi connectivity index (χ3n) is 4.44. The number of rotatable bonds is 4. The number of aromatic nitrogens is 2. The first kappa shape index (κ1) is 14.2. The molecule has 4 nitrogen and oxygen atoms in total. The monoisotopic (exact) mass is 304 g/mol. The van der Waals surface area contributed by atoms with Gasteiger partial charge in [-0.25, -0.2) is 0 Å². The highest BCUT2D eigenvalue weighted by molar-refractivity contribution is 5.84. The van der Waals surface area contributed by atoms with E-state index in [-0.39, 0.29) is 0 Å². The topological polar surface area (TPSA) is 41.0 Å². The lowest BCUT2D eigenvalue weighted by Gasteiger charge is -2.17. The lowest BCUT2D eigenvalue weighted by Crippen LogP contribution is -2.25. The Morgan fingerprint density at radius 2 is 1.87 bits per heavy atom. The molecule has 3 aromatic rings. The van der Waals surface area contributed by atoms with Crippen LogP contribution in [0.5, 0.6) is 0 Å². The van der Waals surface area contributed by atoms with Gasteiger partial charge in [0.2, 0.25) is 0 Å². The summed E-state index contributed by atoms with van der Waals surface area (Å²) in [5.41, 5.74) is 2.53. The molecule has 0 aliphatic carbocycles. The fourth-order valence-electron chi connectivity index (χ4n) is 3.25. The molecule has 1 atom stereocenters. The minimum Gasteiger partial charge on any atom is -0.381 e. The molecule has 116 valence electrons. The van der Waals surface area contributed by atoms with Crippen LogP contribution >= 0.6 is 0 Å². The molecule has 0 spiro atoms. The van der Waals surface area contributed by atoms with Gasteiger partial charge in [-0.2, -0.15) is 0 Å². The molecule has 1 saturated heterocycles. The number of benzene rings is 1. The van der Waals surface area contributed by atoms with Crippen molar-refractivity contribution in [1.29, 1.82) is 0 Å². The van der Waals surface area contributed by atoms with Gasteiger partial charge in [-0.3, -0.25) is 14.9 Å². The average molecular weight is 304 g/mol. The van der Waals surface area contributed by atoms with Crippen molar-refractivity contribution in [1.82, 2.24) is 14.9 Å². The number of likely N-dealkylation sites (tertiary alicyclic amines) is 1. The molecule has 0 saturated carbocycles. The van der Waals surface area contributed by atoms with E-state index in [9.17, 15) is 0 Å². The Kier molecular flexibility index (Phi) is 3.90. The molecule has 1 aliphatic rings. The molecule has 0 radical (unpaired) electrons. The Morgan fingerprint density at radius 3 is 2.78 bits per heavy atom. The predicted molar refractivity (Wildman–Crippen MR) is 93.3 cm³/mol. The molecule has 3 heterocycles. The maximum Gasteiger partial charge on any atom is 0.0400 e. The van der Waals surface area contributed by atoms with Crippen molar-refractivity contribution in [3.8, 4) is 0 Å². The zero-order valence-electron chi connectivity index (χ0n) is 13.0. The number of hydrogen-bond acceptors (Lipinski definition) is 4. The SMILES string of the molecule is c1cc(CN2CC[C@@H](Nc3ccc4cnccc4c3)C2)ccn1. The standard InChI is InChI=1S/C19H20N4/c1-2-18(11-16-5-9-21-12-17(1)16)22-19-6-10-23(14-19)13-15-3-7-20-8-4-15/h1-5,7-9,11-12,19,22H,6,10,13-14H2/t19-/m1/s1. The number of fused-ring (bicyclic) bond motifs is 1. The summed E-state index contributed by atoms with van der Waals surface area (Å²) in [4.78, 5) is 10.7. The van der Waals surface area contributed by atoms with Crippen LogP contribution in [0.25, 0.3) is 10.8 Å². The van der Waals surface area contributed by atoms with E-state index in [2.05, 4.69) is 56.6 Å². The van der Waals surface area contributed by atoms with Crippen molar-refractivity contribution >= 4 is 16.5 Å². The molecule has 1 aromatic carbocycles. The van der Waals surface area contributed by atoms with Crippen molar-refractivity contribution in [2.45, 2.75) is 19.0 Å². The van der Waals surface area contributed by atoms with Crippen LogP contribution in [-0.4, -0.2) is 34.0 Å². The van der Waals surface area contributed by atoms with Crippen molar-refractivity contribution in [3.05, 3.63) is 66.7 Å². The number of nitrogens with zero attached hydrogens (tertiary/aromatic N) is 3. The maximum atomic E-state index is 4.16. The molecule has 0 unspecified atom stereocenters. The smallest absolute Gasteiger partial charge is 0.0400 e. The minimum absolute atomic E-state index is 0.510. The lowest BCUT2D eigenvalue weighted by molar-refractivity contribution is 0.328. The van der Waals surface area contributed by atoms with Crippen LogP contribution in [0.3, 0.4) is 0 Å². The molecule has 1 N–H and O–H groups in total. The van der Waals surface area contributed by atoms with Gasteiger partial charge in [0.1, 0.15) is 0 Å². The zero-order chi connectivity index (χ0) is 15.5. The van der Waals surface area contributed by atoms with Gasteiger partial charge in [-0.15, -0.1) is 0 Å². The van der Waals surface area contributed by atoms with Crippen LogP contribution in [0.2, 0.25) is 0 Å². The summed E-state index contributed by atoms with van der Waals surface area (Å²) in [5.74, 6) is 0. The quantitative estimate of drug-likeness (QED) is 0.803. The van der Waals surface area contributed by atoms with E-state index in [0.29, 0.717) is 6.04 Å². The summed E-state index contributed by atoms with van der Waals surface area (Å²) >= 11 is 0. The van der Waals surface area contributed by atoms with E-state index in [1.165, 1.54) is 28.4 Å². The highest BCUT2D eigenvalue weighted by atomic mass is 15.2. The summed E-state index contributed by atoms with van der Waals surface area (Å²) in [7, 11) is 0. The summed E-state index contributed by atoms with van der Waals surface area (Å²) in [6.45, 7) is 3.22. The van der Waals surface area contributed by atoms with Gasteiger partial charge in [-0.1, -0.05) is 6.07 Å². The average Bonchev–Trinajstić information content (AvgIpc) is 3.02. The fraction of sp³-hybridized carbons (Fsp3) is 0.263. The third kappa shape index (κ3) is 3.32. The molecule has 4 heteroatoms. The molecular formula is C19H20N4. The number of hydrogen-bond donors (Lipinski definition) is 1. The summed E-state index contributed by atoms with van der Waals surface area (Å²) in [5, 5.41) is 6.09. The van der Waals surface area contributed by atoms with Crippen molar-refractivity contribution in [2.24, 2.45) is 0 Å². The molecule has 1 aliphatic heterocycles. The molecule has 4 rings (SSSR count). The Balaban J connectivity index is 1.39. The summed E-state index contributed by atoms with van der Waals surface area (Å²) in [6.07, 6.45) is 8.67. The second kappa shape index (κ2) is 6.34. The Bertz CT molecular complexity index is 787. The Morgan fingerprint density at radius 1 is 1.00 bits per heavy atom. The summed E-state index contributed by atoms with van der Waals surface area (Å²) < 4.78 is 0. The number of pyridine rings is 2. The highest BCUT2D eigenvalue weighted by Crippen LogP contribution is 2.21. The number of nitrogens with one attached hydrogen (secondary N) is 1. The van der Waals surface area contributed by atoms with Crippen LogP contribution in [0.4, 0.5) is 5.69 Å². The Labute approximate surface area is 136 Å². The second-order valence-electron chi connectivity index (χ2n) is 6.16. The van der Waals surface area contributed by atoms with Crippen molar-refractivity contribution < 1.29 is 0 Å². The van der Waals surface area contributed by atoms with E-state index < -0.39 is 0 Å². The van der Waals surface area contributed by atoms with Crippen LogP contribution in [0.15, 0.2) is 61.2 Å². The first-order valence-electron chi connectivity index (χ1n) is 8.08. The predicted octanol–water partition coefficient (Wildman–Crippen LogP) is 3.32. The van der Waals surface area contributed by atoms with E-state index >= 15 is 0 Å². The molecule has 2 aromatic heterocycles. The van der Waals surface area contributed by atoms with Gasteiger partial charge in [0, 0.05) is 61.5 Å². The second-order valence-corrected chi connectivity index (χ2v) is 6.16. The molecule has 1 fully saturated rings. The fourth-order valence-corrected chi connectivity index (χ4v) is 3.25. The molecule has 0 amide bonds. The van der Waals surface area contributed by atoms with E-state index in [0.717, 1.165) is 19.6 Å². The Hall–Kier alpha value is -2.46.